The maximum atomic E-state index is 12.4. The van der Waals surface area contributed by atoms with Gasteiger partial charge in [-0.05, 0) is 19.8 Å². The fourth-order valence-corrected chi connectivity index (χ4v) is 3.08. The first-order valence-electron chi connectivity index (χ1n) is 6.48. The number of nitrogens with one attached hydrogen (secondary N) is 1. The molecule has 0 bridgehead atoms. The molecule has 18 heavy (non-hydrogen) atoms. The van der Waals surface area contributed by atoms with E-state index in [0.29, 0.717) is 17.5 Å². The normalized spacial score (nSPS) is 19.2. The quantitative estimate of drug-likeness (QED) is 0.822. The summed E-state index contributed by atoms with van der Waals surface area (Å²) in [4.78, 5) is 16.6. The lowest BCUT2D eigenvalue weighted by Gasteiger charge is -2.29. The molecule has 6 heteroatoms. The molecular formula is C12H20N4OS. The number of carbonyl (C=O) groups is 1. The van der Waals surface area contributed by atoms with Gasteiger partial charge in [-0.1, -0.05) is 25.7 Å². The summed E-state index contributed by atoms with van der Waals surface area (Å²) in [7, 11) is 0. The van der Waals surface area contributed by atoms with Crippen LogP contribution < -0.4 is 11.1 Å². The number of rotatable bonds is 3. The van der Waals surface area contributed by atoms with E-state index in [1.165, 1.54) is 24.4 Å². The van der Waals surface area contributed by atoms with Crippen molar-refractivity contribution in [1.82, 2.24) is 9.36 Å². The number of carbonyl (C=O) groups excluding carboxylic acids is 1. The second kappa shape index (κ2) is 5.75. The second-order valence-electron chi connectivity index (χ2n) is 5.00. The summed E-state index contributed by atoms with van der Waals surface area (Å²) >= 11 is 1.22. The third kappa shape index (κ3) is 2.87. The van der Waals surface area contributed by atoms with Crippen molar-refractivity contribution >= 4 is 22.6 Å². The summed E-state index contributed by atoms with van der Waals surface area (Å²) in [6, 6.07) is 0. The molecule has 3 N–H and O–H groups in total. The van der Waals surface area contributed by atoms with Crippen molar-refractivity contribution in [3.05, 3.63) is 5.82 Å². The molecule has 1 amide bonds. The molecule has 1 aliphatic carbocycles. The molecule has 1 aromatic rings. The standard InChI is InChI=1S/C12H20N4OS/c1-9-14-11(18-16-9)15-10(17)12(8-13)6-4-2-3-5-7-12/h2-8,13H2,1H3,(H,14,15,16,17). The molecule has 0 saturated heterocycles. The number of nitrogens with zero attached hydrogens (tertiary/aromatic N) is 2. The van der Waals surface area contributed by atoms with Crippen molar-refractivity contribution < 1.29 is 4.79 Å². The Hall–Kier alpha value is -1.01. The van der Waals surface area contributed by atoms with Crippen LogP contribution in [0, 0.1) is 12.3 Å². The second-order valence-corrected chi connectivity index (χ2v) is 5.75. The van der Waals surface area contributed by atoms with Crippen molar-refractivity contribution in [2.45, 2.75) is 45.4 Å². The molecule has 1 saturated carbocycles. The van der Waals surface area contributed by atoms with Gasteiger partial charge in [0.1, 0.15) is 5.82 Å². The highest BCUT2D eigenvalue weighted by molar-refractivity contribution is 7.09. The number of amides is 1. The predicted octanol–water partition coefficient (Wildman–Crippen LogP) is 2.08. The van der Waals surface area contributed by atoms with Crippen LogP contribution >= 0.6 is 11.5 Å². The van der Waals surface area contributed by atoms with Crippen LogP contribution in [0.4, 0.5) is 5.13 Å². The molecule has 0 atom stereocenters. The van der Waals surface area contributed by atoms with Crippen molar-refractivity contribution in [2.24, 2.45) is 11.1 Å². The molecule has 1 aliphatic rings. The Bertz CT molecular complexity index is 410. The maximum absolute atomic E-state index is 12.4. The number of nitrogens with two attached hydrogens (primary N) is 1. The van der Waals surface area contributed by atoms with Crippen molar-refractivity contribution in [2.75, 3.05) is 11.9 Å². The van der Waals surface area contributed by atoms with Crippen LogP contribution in [0.25, 0.3) is 0 Å². The third-order valence-corrected chi connectivity index (χ3v) is 4.40. The molecule has 1 aromatic heterocycles. The van der Waals surface area contributed by atoms with Gasteiger partial charge in [-0.15, -0.1) is 0 Å². The van der Waals surface area contributed by atoms with Crippen LogP contribution in [-0.2, 0) is 4.79 Å². The molecular weight excluding hydrogens is 248 g/mol. The Morgan fingerprint density at radius 1 is 1.39 bits per heavy atom. The zero-order valence-corrected chi connectivity index (χ0v) is 11.6. The van der Waals surface area contributed by atoms with Crippen molar-refractivity contribution in [1.29, 1.82) is 0 Å². The van der Waals surface area contributed by atoms with Gasteiger partial charge in [0.05, 0.1) is 5.41 Å². The Balaban J connectivity index is 2.08. The highest BCUT2D eigenvalue weighted by atomic mass is 32.1. The molecule has 0 aliphatic heterocycles. The lowest BCUT2D eigenvalue weighted by Crippen LogP contribution is -2.42. The minimum Gasteiger partial charge on any atom is -0.329 e. The zero-order valence-electron chi connectivity index (χ0n) is 10.7. The van der Waals surface area contributed by atoms with Gasteiger partial charge in [0, 0.05) is 18.1 Å². The van der Waals surface area contributed by atoms with Crippen LogP contribution in [0.2, 0.25) is 0 Å². The van der Waals surface area contributed by atoms with Gasteiger partial charge in [-0.3, -0.25) is 4.79 Å². The number of aromatic nitrogens is 2. The lowest BCUT2D eigenvalue weighted by atomic mass is 9.79. The highest BCUT2D eigenvalue weighted by Gasteiger charge is 2.37. The average Bonchev–Trinajstić information content (AvgIpc) is 2.65. The largest absolute Gasteiger partial charge is 0.329 e. The van der Waals surface area contributed by atoms with Crippen LogP contribution in [0.5, 0.6) is 0 Å². The molecule has 100 valence electrons. The monoisotopic (exact) mass is 268 g/mol. The van der Waals surface area contributed by atoms with Crippen LogP contribution in [-0.4, -0.2) is 21.8 Å². The number of anilines is 1. The Labute approximate surface area is 111 Å². The predicted molar refractivity (Wildman–Crippen MR) is 72.5 cm³/mol. The third-order valence-electron chi connectivity index (χ3n) is 3.68. The molecule has 5 nitrogen and oxygen atoms in total. The van der Waals surface area contributed by atoms with E-state index < -0.39 is 5.41 Å². The minimum absolute atomic E-state index is 0.0167. The summed E-state index contributed by atoms with van der Waals surface area (Å²) in [6.45, 7) is 2.23. The molecule has 2 rings (SSSR count). The lowest BCUT2D eigenvalue weighted by molar-refractivity contribution is -0.125. The first-order chi connectivity index (χ1) is 8.66. The van der Waals surface area contributed by atoms with Gasteiger partial charge in [-0.25, -0.2) is 4.98 Å². The van der Waals surface area contributed by atoms with Gasteiger partial charge >= 0.3 is 0 Å². The molecule has 0 unspecified atom stereocenters. The van der Waals surface area contributed by atoms with Crippen molar-refractivity contribution in [3.63, 3.8) is 0 Å². The van der Waals surface area contributed by atoms with E-state index in [0.717, 1.165) is 25.7 Å². The SMILES string of the molecule is Cc1nsc(NC(=O)C2(CN)CCCCCC2)n1. The van der Waals surface area contributed by atoms with E-state index in [1.54, 1.807) is 0 Å². The molecule has 0 spiro atoms. The van der Waals surface area contributed by atoms with E-state index in [4.69, 9.17) is 5.73 Å². The summed E-state index contributed by atoms with van der Waals surface area (Å²) in [6.07, 6.45) is 6.33. The Morgan fingerprint density at radius 3 is 2.56 bits per heavy atom. The fourth-order valence-electron chi connectivity index (χ4n) is 2.51. The van der Waals surface area contributed by atoms with E-state index in [-0.39, 0.29) is 5.91 Å². The number of hydrogen-bond acceptors (Lipinski definition) is 5. The summed E-state index contributed by atoms with van der Waals surface area (Å²) in [5, 5.41) is 3.46. The van der Waals surface area contributed by atoms with Gasteiger partial charge in [0.15, 0.2) is 0 Å². The van der Waals surface area contributed by atoms with E-state index >= 15 is 0 Å². The van der Waals surface area contributed by atoms with Crippen LogP contribution in [0.3, 0.4) is 0 Å². The first-order valence-corrected chi connectivity index (χ1v) is 7.25. The van der Waals surface area contributed by atoms with Crippen molar-refractivity contribution in [3.8, 4) is 0 Å². The Kier molecular flexibility index (Phi) is 4.29. The van der Waals surface area contributed by atoms with E-state index in [9.17, 15) is 4.79 Å². The highest BCUT2D eigenvalue weighted by Crippen LogP contribution is 2.35. The fraction of sp³-hybridized carbons (Fsp3) is 0.750. The van der Waals surface area contributed by atoms with Gasteiger partial charge in [-0.2, -0.15) is 4.37 Å². The molecule has 0 radical (unpaired) electrons. The van der Waals surface area contributed by atoms with Crippen LogP contribution in [0.1, 0.15) is 44.3 Å². The minimum atomic E-state index is -0.407. The topological polar surface area (TPSA) is 80.9 Å². The van der Waals surface area contributed by atoms with E-state index in [2.05, 4.69) is 14.7 Å². The summed E-state index contributed by atoms with van der Waals surface area (Å²) < 4.78 is 4.07. The average molecular weight is 268 g/mol. The van der Waals surface area contributed by atoms with Gasteiger partial charge < -0.3 is 11.1 Å². The van der Waals surface area contributed by atoms with Crippen LogP contribution in [0.15, 0.2) is 0 Å². The van der Waals surface area contributed by atoms with E-state index in [1.807, 2.05) is 6.92 Å². The maximum Gasteiger partial charge on any atom is 0.233 e. The Morgan fingerprint density at radius 2 is 2.06 bits per heavy atom. The number of hydrogen-bond donors (Lipinski definition) is 2. The summed E-state index contributed by atoms with van der Waals surface area (Å²) in [5.41, 5.74) is 5.47. The zero-order chi connectivity index (χ0) is 13.0. The van der Waals surface area contributed by atoms with Gasteiger partial charge in [0.25, 0.3) is 0 Å². The first kappa shape index (κ1) is 13.4. The molecule has 1 heterocycles. The molecule has 0 aromatic carbocycles. The smallest absolute Gasteiger partial charge is 0.233 e. The van der Waals surface area contributed by atoms with Gasteiger partial charge in [0.2, 0.25) is 11.0 Å². The molecule has 1 fully saturated rings. The summed E-state index contributed by atoms with van der Waals surface area (Å²) in [5.74, 6) is 0.709. The number of aryl methyl sites for hydroxylation is 1.